The van der Waals surface area contributed by atoms with Gasteiger partial charge in [0.15, 0.2) is 15.8 Å². The summed E-state index contributed by atoms with van der Waals surface area (Å²) in [5, 5.41) is 8.95. The lowest BCUT2D eigenvalue weighted by atomic mass is 10.1. The second-order valence-corrected chi connectivity index (χ2v) is 9.88. The van der Waals surface area contributed by atoms with Crippen molar-refractivity contribution in [3.63, 3.8) is 0 Å². The molecule has 1 heterocycles. The van der Waals surface area contributed by atoms with E-state index >= 15 is 0 Å². The van der Waals surface area contributed by atoms with Gasteiger partial charge in [0, 0.05) is 0 Å². The van der Waals surface area contributed by atoms with Crippen LogP contribution < -0.4 is 19.1 Å². The number of methoxy groups -OCH3 is 2. The Bertz CT molecular complexity index is 1350. The highest BCUT2D eigenvalue weighted by Crippen LogP contribution is 2.40. The van der Waals surface area contributed by atoms with Gasteiger partial charge in [-0.05, 0) is 81.7 Å². The first kappa shape index (κ1) is 24.8. The van der Waals surface area contributed by atoms with Crippen molar-refractivity contribution >= 4 is 61.9 Å². The van der Waals surface area contributed by atoms with Crippen LogP contribution in [0.25, 0.3) is 6.08 Å². The minimum absolute atomic E-state index is 0.193. The largest absolute Gasteiger partial charge is 0.497 e. The third-order valence-corrected chi connectivity index (χ3v) is 7.03. The zero-order chi connectivity index (χ0) is 24.9. The summed E-state index contributed by atoms with van der Waals surface area (Å²) in [6.45, 7) is 0.306. The normalized spacial score (nSPS) is 14.2. The quantitative estimate of drug-likeness (QED) is 0.244. The van der Waals surface area contributed by atoms with Crippen LogP contribution in [0.2, 0.25) is 0 Å². The maximum absolute atomic E-state index is 13.1. The first-order valence-electron chi connectivity index (χ1n) is 10.3. The van der Waals surface area contributed by atoms with Gasteiger partial charge in [-0.15, -0.1) is 0 Å². The zero-order valence-corrected chi connectivity index (χ0v) is 22.0. The van der Waals surface area contributed by atoms with Crippen molar-refractivity contribution < 1.29 is 19.0 Å². The van der Waals surface area contributed by atoms with E-state index in [0.29, 0.717) is 48.8 Å². The smallest absolute Gasteiger partial charge is 0.270 e. The van der Waals surface area contributed by atoms with Crippen LogP contribution in [-0.4, -0.2) is 24.4 Å². The summed E-state index contributed by atoms with van der Waals surface area (Å²) in [5.74, 6) is 1.57. The maximum atomic E-state index is 13.1. The molecule has 0 bridgehead atoms. The van der Waals surface area contributed by atoms with E-state index in [9.17, 15) is 4.79 Å². The van der Waals surface area contributed by atoms with Crippen LogP contribution >= 0.6 is 39.9 Å². The second-order valence-electron chi connectivity index (χ2n) is 7.35. The number of ether oxygens (including phenoxy) is 3. The number of halogens is 1. The molecule has 0 radical (unpaired) electrons. The van der Waals surface area contributed by atoms with Crippen LogP contribution in [0, 0.1) is 11.3 Å². The molecule has 1 aliphatic rings. The van der Waals surface area contributed by atoms with Gasteiger partial charge in [-0.3, -0.25) is 9.69 Å². The average Bonchev–Trinajstić information content (AvgIpc) is 3.15. The van der Waals surface area contributed by atoms with Gasteiger partial charge < -0.3 is 14.2 Å². The van der Waals surface area contributed by atoms with Gasteiger partial charge in [-0.25, -0.2) is 0 Å². The summed E-state index contributed by atoms with van der Waals surface area (Å²) < 4.78 is 17.9. The van der Waals surface area contributed by atoms with Crippen LogP contribution in [0.3, 0.4) is 0 Å². The van der Waals surface area contributed by atoms with Gasteiger partial charge in [0.1, 0.15) is 12.4 Å². The first-order chi connectivity index (χ1) is 16.9. The Balaban J connectivity index is 1.55. The molecular weight excluding hydrogens is 548 g/mol. The molecule has 0 N–H and O–H groups in total. The van der Waals surface area contributed by atoms with Crippen molar-refractivity contribution in [1.29, 1.82) is 5.26 Å². The van der Waals surface area contributed by atoms with Crippen LogP contribution in [0.5, 0.6) is 17.2 Å². The molecule has 176 valence electrons. The number of amides is 1. The highest BCUT2D eigenvalue weighted by atomic mass is 79.9. The summed E-state index contributed by atoms with van der Waals surface area (Å²) in [6, 6.07) is 20.1. The van der Waals surface area contributed by atoms with E-state index in [1.807, 2.05) is 18.2 Å². The van der Waals surface area contributed by atoms with Gasteiger partial charge in [0.25, 0.3) is 5.91 Å². The predicted octanol–water partition coefficient (Wildman–Crippen LogP) is 6.32. The lowest BCUT2D eigenvalue weighted by molar-refractivity contribution is -0.113. The molecule has 0 spiro atoms. The molecule has 4 rings (SSSR count). The van der Waals surface area contributed by atoms with E-state index in [2.05, 4.69) is 22.0 Å². The van der Waals surface area contributed by atoms with Gasteiger partial charge in [-0.1, -0.05) is 36.1 Å². The number of nitrogens with zero attached hydrogens (tertiary/aromatic N) is 2. The second kappa shape index (κ2) is 11.0. The fourth-order valence-electron chi connectivity index (χ4n) is 3.37. The Hall–Kier alpha value is -3.32. The summed E-state index contributed by atoms with van der Waals surface area (Å²) in [5.41, 5.74) is 2.95. The van der Waals surface area contributed by atoms with Gasteiger partial charge in [0.05, 0.1) is 40.9 Å². The van der Waals surface area contributed by atoms with Crippen molar-refractivity contribution in [3.05, 3.63) is 86.7 Å². The molecule has 1 amide bonds. The van der Waals surface area contributed by atoms with Gasteiger partial charge in [-0.2, -0.15) is 5.26 Å². The molecule has 3 aromatic rings. The van der Waals surface area contributed by atoms with E-state index in [-0.39, 0.29) is 5.91 Å². The van der Waals surface area contributed by atoms with E-state index in [1.54, 1.807) is 62.8 Å². The number of benzene rings is 3. The predicted molar refractivity (Wildman–Crippen MR) is 145 cm³/mol. The highest BCUT2D eigenvalue weighted by molar-refractivity contribution is 9.10. The number of hydrogen-bond donors (Lipinski definition) is 0. The van der Waals surface area contributed by atoms with Crippen molar-refractivity contribution in [1.82, 2.24) is 0 Å². The Kier molecular flexibility index (Phi) is 7.76. The molecule has 0 atom stereocenters. The van der Waals surface area contributed by atoms with Gasteiger partial charge in [0.2, 0.25) is 0 Å². The Morgan fingerprint density at radius 2 is 1.80 bits per heavy atom. The Labute approximate surface area is 221 Å². The lowest BCUT2D eigenvalue weighted by Gasteiger charge is -2.15. The van der Waals surface area contributed by atoms with Crippen LogP contribution in [-0.2, 0) is 11.4 Å². The SMILES string of the molecule is COc1ccc(N2C(=O)/C(=C/c3cc(Br)c(OCc4ccc(C#N)cc4)c(OC)c3)SC2=S)cc1. The fourth-order valence-corrected chi connectivity index (χ4v) is 5.24. The van der Waals surface area contributed by atoms with E-state index < -0.39 is 0 Å². The summed E-state index contributed by atoms with van der Waals surface area (Å²) in [7, 11) is 3.15. The molecule has 35 heavy (non-hydrogen) atoms. The van der Waals surface area contributed by atoms with Gasteiger partial charge >= 0.3 is 0 Å². The molecular formula is C26H19BrN2O4S2. The molecule has 3 aromatic carbocycles. The zero-order valence-electron chi connectivity index (χ0n) is 18.8. The Morgan fingerprint density at radius 1 is 1.09 bits per heavy atom. The summed E-state index contributed by atoms with van der Waals surface area (Å²) in [6.07, 6.45) is 1.78. The molecule has 0 unspecified atom stereocenters. The molecule has 0 saturated carbocycles. The maximum Gasteiger partial charge on any atom is 0.270 e. The first-order valence-corrected chi connectivity index (χ1v) is 12.4. The fraction of sp³-hybridized carbons (Fsp3) is 0.115. The molecule has 0 aromatic heterocycles. The molecule has 0 aliphatic carbocycles. The van der Waals surface area contributed by atoms with Crippen molar-refractivity contribution in [3.8, 4) is 23.3 Å². The van der Waals surface area contributed by atoms with Crippen molar-refractivity contribution in [2.24, 2.45) is 0 Å². The topological polar surface area (TPSA) is 71.8 Å². The lowest BCUT2D eigenvalue weighted by Crippen LogP contribution is -2.27. The number of rotatable bonds is 7. The summed E-state index contributed by atoms with van der Waals surface area (Å²) >= 11 is 10.3. The van der Waals surface area contributed by atoms with Crippen LogP contribution in [0.4, 0.5) is 5.69 Å². The monoisotopic (exact) mass is 566 g/mol. The van der Waals surface area contributed by atoms with E-state index in [0.717, 1.165) is 11.1 Å². The minimum atomic E-state index is -0.193. The average molecular weight is 567 g/mol. The third kappa shape index (κ3) is 5.51. The van der Waals surface area contributed by atoms with E-state index in [4.69, 9.17) is 31.7 Å². The summed E-state index contributed by atoms with van der Waals surface area (Å²) in [4.78, 5) is 15.1. The Morgan fingerprint density at radius 3 is 2.43 bits per heavy atom. The van der Waals surface area contributed by atoms with Crippen molar-refractivity contribution in [2.45, 2.75) is 6.61 Å². The number of thiocarbonyl (C=S) groups is 1. The van der Waals surface area contributed by atoms with E-state index in [1.165, 1.54) is 16.7 Å². The van der Waals surface area contributed by atoms with Crippen LogP contribution in [0.15, 0.2) is 70.0 Å². The standard InChI is InChI=1S/C26H19BrN2O4S2/c1-31-20-9-7-19(8-10-20)29-25(30)23(35-26(29)34)13-18-11-21(27)24(22(12-18)32-2)33-15-17-5-3-16(14-28)4-6-17/h3-13H,15H2,1-2H3/b23-13-. The molecule has 1 fully saturated rings. The molecule has 1 aliphatic heterocycles. The minimum Gasteiger partial charge on any atom is -0.497 e. The van der Waals surface area contributed by atoms with Crippen LogP contribution in [0.1, 0.15) is 16.7 Å². The number of nitriles is 1. The highest BCUT2D eigenvalue weighted by Gasteiger charge is 2.33. The number of anilines is 1. The number of carbonyl (C=O) groups excluding carboxylic acids is 1. The molecule has 6 nitrogen and oxygen atoms in total. The van der Waals surface area contributed by atoms with Crippen molar-refractivity contribution in [2.75, 3.05) is 19.1 Å². The number of thioether (sulfide) groups is 1. The third-order valence-electron chi connectivity index (χ3n) is 5.14. The molecule has 1 saturated heterocycles. The number of hydrogen-bond acceptors (Lipinski definition) is 7. The number of carbonyl (C=O) groups is 1. The molecule has 9 heteroatoms.